The molecule has 0 bridgehead atoms. The number of ether oxygens (including phenoxy) is 1. The molecule has 1 saturated heterocycles. The van der Waals surface area contributed by atoms with E-state index in [2.05, 4.69) is 5.32 Å². The second-order valence-electron chi connectivity index (χ2n) is 7.54. The van der Waals surface area contributed by atoms with Gasteiger partial charge in [-0.25, -0.2) is 0 Å². The van der Waals surface area contributed by atoms with Crippen LogP contribution >= 0.6 is 23.1 Å². The Morgan fingerprint density at radius 1 is 1.09 bits per heavy atom. The Morgan fingerprint density at radius 2 is 1.78 bits per heavy atom. The molecule has 1 aromatic carbocycles. The Balaban J connectivity index is 1.63. The molecule has 172 valence electrons. The summed E-state index contributed by atoms with van der Waals surface area (Å²) in [7, 11) is 1.51. The first kappa shape index (κ1) is 24.1. The fourth-order valence-electron chi connectivity index (χ4n) is 3.62. The fraction of sp³-hybridized carbons (Fsp3) is 0.435. The number of aryl methyl sites for hydroxylation is 1. The summed E-state index contributed by atoms with van der Waals surface area (Å²) in [6.45, 7) is 3.85. The van der Waals surface area contributed by atoms with Gasteiger partial charge in [-0.05, 0) is 49.6 Å². The van der Waals surface area contributed by atoms with Gasteiger partial charge in [0, 0.05) is 31.1 Å². The number of nitrogens with zero attached hydrogens (tertiary/aromatic N) is 2. The van der Waals surface area contributed by atoms with Crippen LogP contribution in [0.5, 0.6) is 5.75 Å². The number of para-hydroxylation sites is 1. The molecule has 1 aliphatic rings. The van der Waals surface area contributed by atoms with E-state index in [1.54, 1.807) is 45.8 Å². The first-order chi connectivity index (χ1) is 15.4. The summed E-state index contributed by atoms with van der Waals surface area (Å²) in [6, 6.07) is 10.1. The molecule has 1 unspecified atom stereocenters. The van der Waals surface area contributed by atoms with Crippen LogP contribution in [0.1, 0.15) is 31.3 Å². The lowest BCUT2D eigenvalue weighted by molar-refractivity contribution is -0.134. The predicted octanol–water partition coefficient (Wildman–Crippen LogP) is 2.90. The van der Waals surface area contributed by atoms with Crippen molar-refractivity contribution >= 4 is 40.8 Å². The molecule has 0 spiro atoms. The van der Waals surface area contributed by atoms with Crippen LogP contribution in [0.15, 0.2) is 36.4 Å². The second kappa shape index (κ2) is 11.4. The monoisotopic (exact) mass is 475 g/mol. The van der Waals surface area contributed by atoms with Gasteiger partial charge in [0.25, 0.3) is 11.8 Å². The van der Waals surface area contributed by atoms with Crippen LogP contribution in [0.4, 0.5) is 0 Å². The molecular formula is C23H29N3O4S2. The molecule has 1 aliphatic heterocycles. The quantitative estimate of drug-likeness (QED) is 0.635. The number of hydrogen-bond donors (Lipinski definition) is 1. The van der Waals surface area contributed by atoms with Gasteiger partial charge in [0.1, 0.15) is 11.8 Å². The lowest BCUT2D eigenvalue weighted by Crippen LogP contribution is -2.56. The highest BCUT2D eigenvalue weighted by Crippen LogP contribution is 2.20. The lowest BCUT2D eigenvalue weighted by atomic mass is 10.1. The van der Waals surface area contributed by atoms with Gasteiger partial charge in [-0.3, -0.25) is 14.4 Å². The highest BCUT2D eigenvalue weighted by Gasteiger charge is 2.31. The van der Waals surface area contributed by atoms with Crippen molar-refractivity contribution in [3.05, 3.63) is 51.7 Å². The van der Waals surface area contributed by atoms with Gasteiger partial charge in [-0.2, -0.15) is 11.8 Å². The van der Waals surface area contributed by atoms with E-state index in [-0.39, 0.29) is 17.7 Å². The number of carbonyl (C=O) groups excluding carboxylic acids is 3. The summed E-state index contributed by atoms with van der Waals surface area (Å²) in [6.07, 6.45) is 2.51. The molecule has 7 nitrogen and oxygen atoms in total. The number of benzene rings is 1. The largest absolute Gasteiger partial charge is 0.496 e. The van der Waals surface area contributed by atoms with Crippen LogP contribution in [0.25, 0.3) is 0 Å². The fourth-order valence-corrected chi connectivity index (χ4v) is 4.92. The van der Waals surface area contributed by atoms with Gasteiger partial charge in [-0.1, -0.05) is 12.1 Å². The zero-order valence-corrected chi connectivity index (χ0v) is 20.3. The Kier molecular flexibility index (Phi) is 8.58. The van der Waals surface area contributed by atoms with Gasteiger partial charge < -0.3 is 19.9 Å². The molecular weight excluding hydrogens is 446 g/mol. The molecule has 1 atom stereocenters. The number of rotatable bonds is 8. The number of nitrogens with one attached hydrogen (secondary N) is 1. The SMILES string of the molecule is COc1ccccc1C(=O)NC(CCSC)C(=O)N1CCN(C(=O)c2ccc(C)s2)CC1. The zero-order valence-electron chi connectivity index (χ0n) is 18.6. The van der Waals surface area contributed by atoms with Crippen molar-refractivity contribution in [2.24, 2.45) is 0 Å². The van der Waals surface area contributed by atoms with Crippen LogP contribution in [0.2, 0.25) is 0 Å². The van der Waals surface area contributed by atoms with Crippen molar-refractivity contribution in [3.63, 3.8) is 0 Å². The average molecular weight is 476 g/mol. The Morgan fingerprint density at radius 3 is 2.41 bits per heavy atom. The van der Waals surface area contributed by atoms with Crippen molar-refractivity contribution in [1.29, 1.82) is 0 Å². The highest BCUT2D eigenvalue weighted by molar-refractivity contribution is 7.98. The summed E-state index contributed by atoms with van der Waals surface area (Å²) >= 11 is 3.12. The van der Waals surface area contributed by atoms with Crippen molar-refractivity contribution in [2.75, 3.05) is 45.3 Å². The van der Waals surface area contributed by atoms with Crippen LogP contribution in [0, 0.1) is 6.92 Å². The molecule has 2 heterocycles. The number of piperazine rings is 1. The van der Waals surface area contributed by atoms with Crippen LogP contribution in [0.3, 0.4) is 0 Å². The molecule has 9 heteroatoms. The van der Waals surface area contributed by atoms with E-state index in [0.717, 1.165) is 15.5 Å². The molecule has 3 rings (SSSR count). The minimum absolute atomic E-state index is 0.0126. The first-order valence-corrected chi connectivity index (χ1v) is 12.7. The third kappa shape index (κ3) is 5.83. The van der Waals surface area contributed by atoms with Crippen molar-refractivity contribution in [1.82, 2.24) is 15.1 Å². The molecule has 0 saturated carbocycles. The van der Waals surface area contributed by atoms with E-state index in [1.807, 2.05) is 25.3 Å². The number of thioether (sulfide) groups is 1. The van der Waals surface area contributed by atoms with Gasteiger partial charge >= 0.3 is 0 Å². The molecule has 1 N–H and O–H groups in total. The van der Waals surface area contributed by atoms with Gasteiger partial charge in [0.15, 0.2) is 0 Å². The number of thiophene rings is 1. The minimum Gasteiger partial charge on any atom is -0.496 e. The molecule has 3 amide bonds. The molecule has 0 radical (unpaired) electrons. The summed E-state index contributed by atoms with van der Waals surface area (Å²) in [5.74, 6) is 0.791. The summed E-state index contributed by atoms with van der Waals surface area (Å²) in [4.78, 5) is 44.2. The van der Waals surface area contributed by atoms with Crippen molar-refractivity contribution < 1.29 is 19.1 Å². The van der Waals surface area contributed by atoms with E-state index in [1.165, 1.54) is 18.4 Å². The third-order valence-corrected chi connectivity index (χ3v) is 7.03. The molecule has 32 heavy (non-hydrogen) atoms. The van der Waals surface area contributed by atoms with Crippen molar-refractivity contribution in [3.8, 4) is 5.75 Å². The van der Waals surface area contributed by atoms with E-state index in [9.17, 15) is 14.4 Å². The molecule has 0 aliphatic carbocycles. The standard InChI is InChI=1S/C23H29N3O4S2/c1-16-8-9-20(32-16)23(29)26-13-11-25(12-14-26)22(28)18(10-15-31-3)24-21(27)17-6-4-5-7-19(17)30-2/h4-9,18H,10-15H2,1-3H3,(H,24,27). The minimum atomic E-state index is -0.623. The number of amides is 3. The Hall–Kier alpha value is -2.52. The topological polar surface area (TPSA) is 79.0 Å². The maximum atomic E-state index is 13.2. The van der Waals surface area contributed by atoms with Crippen LogP contribution in [-0.2, 0) is 4.79 Å². The molecule has 1 fully saturated rings. The lowest BCUT2D eigenvalue weighted by Gasteiger charge is -2.36. The highest BCUT2D eigenvalue weighted by atomic mass is 32.2. The number of methoxy groups -OCH3 is 1. The number of carbonyl (C=O) groups is 3. The van der Waals surface area contributed by atoms with E-state index in [4.69, 9.17) is 4.74 Å². The molecule has 1 aromatic heterocycles. The van der Waals surface area contributed by atoms with Crippen LogP contribution < -0.4 is 10.1 Å². The maximum absolute atomic E-state index is 13.2. The number of hydrogen-bond acceptors (Lipinski definition) is 6. The van der Waals surface area contributed by atoms with E-state index >= 15 is 0 Å². The first-order valence-electron chi connectivity index (χ1n) is 10.5. The Bertz CT molecular complexity index is 954. The van der Waals surface area contributed by atoms with Gasteiger partial charge in [-0.15, -0.1) is 11.3 Å². The van der Waals surface area contributed by atoms with Gasteiger partial charge in [0.2, 0.25) is 5.91 Å². The predicted molar refractivity (Wildman–Crippen MR) is 129 cm³/mol. The Labute approximate surface area is 197 Å². The average Bonchev–Trinajstić information content (AvgIpc) is 3.26. The van der Waals surface area contributed by atoms with Crippen LogP contribution in [-0.4, -0.2) is 78.9 Å². The smallest absolute Gasteiger partial charge is 0.264 e. The van der Waals surface area contributed by atoms with E-state index < -0.39 is 6.04 Å². The summed E-state index contributed by atoms with van der Waals surface area (Å²) in [5.41, 5.74) is 0.401. The van der Waals surface area contributed by atoms with Crippen molar-refractivity contribution in [2.45, 2.75) is 19.4 Å². The second-order valence-corrected chi connectivity index (χ2v) is 9.81. The molecule has 2 aromatic rings. The third-order valence-electron chi connectivity index (χ3n) is 5.40. The van der Waals surface area contributed by atoms with Gasteiger partial charge in [0.05, 0.1) is 17.6 Å². The normalized spacial score (nSPS) is 14.7. The van der Waals surface area contributed by atoms with E-state index in [0.29, 0.717) is 43.9 Å². The summed E-state index contributed by atoms with van der Waals surface area (Å²) < 4.78 is 5.28. The zero-order chi connectivity index (χ0) is 23.1. The maximum Gasteiger partial charge on any atom is 0.264 e. The summed E-state index contributed by atoms with van der Waals surface area (Å²) in [5, 5.41) is 2.90.